The molecular weight excluding hydrogens is 447 g/mol. The summed E-state index contributed by atoms with van der Waals surface area (Å²) in [7, 11) is 0. The van der Waals surface area contributed by atoms with E-state index in [2.05, 4.69) is 13.8 Å². The van der Waals surface area contributed by atoms with Gasteiger partial charge in [-0.3, -0.25) is 0 Å². The summed E-state index contributed by atoms with van der Waals surface area (Å²) < 4.78 is 32.4. The predicted molar refractivity (Wildman–Crippen MR) is 122 cm³/mol. The first kappa shape index (κ1) is 27.7. The monoisotopic (exact) mass is 473 g/mol. The Kier molecular flexibility index (Phi) is 10.5. The van der Waals surface area contributed by atoms with Crippen molar-refractivity contribution in [3.8, 4) is 5.75 Å². The quantitative estimate of drug-likeness (QED) is 0.479. The number of hydrogen-bond acceptors (Lipinski definition) is 4. The van der Waals surface area contributed by atoms with Crippen LogP contribution in [0.1, 0.15) is 48.4 Å². The molecule has 0 radical (unpaired) electrons. The van der Waals surface area contributed by atoms with Gasteiger partial charge >= 0.3 is 29.6 Å². The third-order valence-corrected chi connectivity index (χ3v) is 5.26. The summed E-state index contributed by atoms with van der Waals surface area (Å²) in [4.78, 5) is 11.1. The van der Waals surface area contributed by atoms with Crippen molar-refractivity contribution in [3.05, 3.63) is 107 Å². The van der Waals surface area contributed by atoms with Gasteiger partial charge in [0.15, 0.2) is 0 Å². The zero-order valence-corrected chi connectivity index (χ0v) is 21.6. The Morgan fingerprint density at radius 3 is 2.00 bits per heavy atom. The van der Waals surface area contributed by atoms with Crippen LogP contribution in [0.15, 0.2) is 72.8 Å². The van der Waals surface area contributed by atoms with E-state index in [1.165, 1.54) is 17.7 Å². The molecule has 0 aliphatic rings. The average molecular weight is 473 g/mol. The molecular formula is C27H26F2NNaO3. The molecule has 172 valence electrons. The van der Waals surface area contributed by atoms with Crippen LogP contribution in [-0.2, 0) is 11.4 Å². The number of carbonyl (C=O) groups is 1. The molecule has 0 amide bonds. The molecule has 3 aromatic carbocycles. The summed E-state index contributed by atoms with van der Waals surface area (Å²) in [6.45, 7) is 4.25. The summed E-state index contributed by atoms with van der Waals surface area (Å²) in [6.07, 6.45) is 1.91. The molecule has 2 N–H and O–H groups in total. The van der Waals surface area contributed by atoms with Crippen LogP contribution in [-0.4, -0.2) is 12.0 Å². The number of nitrogens with two attached hydrogens (primary N) is 1. The fraction of sp³-hybridized carbons (Fsp3) is 0.222. The van der Waals surface area contributed by atoms with Gasteiger partial charge in [0.1, 0.15) is 24.0 Å². The molecule has 7 heteroatoms. The topological polar surface area (TPSA) is 75.4 Å². The smallest absolute Gasteiger partial charge is 0.548 e. The van der Waals surface area contributed by atoms with Gasteiger partial charge in [-0.15, -0.1) is 0 Å². The Hall–Kier alpha value is -2.51. The standard InChI is InChI=1S/C27H27F2NO3.Na/c1-17(2)19-3-5-20(6-4-19)25(11-12-26(30)27(31)32)21-7-9-24(10-8-21)33-16-18-13-22(28)15-23(29)14-18;/h3-11,13-15,17,26H,12,16,30H2,1-2H3,(H,31,32);/q;+1/p-1/b25-11-;. The van der Waals surface area contributed by atoms with Crippen molar-refractivity contribution < 1.29 is 53.0 Å². The summed E-state index contributed by atoms with van der Waals surface area (Å²) in [5.41, 5.74) is 9.84. The van der Waals surface area contributed by atoms with Gasteiger partial charge in [0, 0.05) is 12.1 Å². The Morgan fingerprint density at radius 1 is 0.971 bits per heavy atom. The first-order valence-electron chi connectivity index (χ1n) is 10.7. The Bertz CT molecular complexity index is 1110. The maximum absolute atomic E-state index is 13.4. The summed E-state index contributed by atoms with van der Waals surface area (Å²) in [5.74, 6) is -1.70. The van der Waals surface area contributed by atoms with Gasteiger partial charge in [-0.05, 0) is 64.4 Å². The largest absolute Gasteiger partial charge is 1.00 e. The molecule has 0 heterocycles. The minimum absolute atomic E-state index is 0. The van der Waals surface area contributed by atoms with Gasteiger partial charge in [0.05, 0.1) is 5.97 Å². The van der Waals surface area contributed by atoms with E-state index in [-0.39, 0.29) is 42.6 Å². The molecule has 34 heavy (non-hydrogen) atoms. The Labute approximate surface area is 220 Å². The number of carbonyl (C=O) groups excluding carboxylic acids is 1. The van der Waals surface area contributed by atoms with Crippen molar-refractivity contribution in [1.29, 1.82) is 0 Å². The van der Waals surface area contributed by atoms with E-state index >= 15 is 0 Å². The molecule has 3 rings (SSSR count). The number of halogens is 2. The van der Waals surface area contributed by atoms with Crippen LogP contribution in [0.2, 0.25) is 0 Å². The van der Waals surface area contributed by atoms with Crippen LogP contribution in [0.3, 0.4) is 0 Å². The van der Waals surface area contributed by atoms with Gasteiger partial charge < -0.3 is 20.4 Å². The van der Waals surface area contributed by atoms with E-state index in [0.29, 0.717) is 17.2 Å². The van der Waals surface area contributed by atoms with Crippen molar-refractivity contribution in [1.82, 2.24) is 0 Å². The van der Waals surface area contributed by atoms with E-state index in [4.69, 9.17) is 10.5 Å². The predicted octanol–water partition coefficient (Wildman–Crippen LogP) is 1.57. The SMILES string of the molecule is CC(C)c1ccc(/C(=C/CC(N)C(=O)[O-])c2ccc(OCc3cc(F)cc(F)c3)cc2)cc1.[Na+]. The fourth-order valence-corrected chi connectivity index (χ4v) is 3.38. The molecule has 0 saturated heterocycles. The Balaban J connectivity index is 0.00000408. The maximum Gasteiger partial charge on any atom is 1.00 e. The minimum atomic E-state index is -1.31. The normalized spacial score (nSPS) is 12.2. The van der Waals surface area contributed by atoms with Crippen molar-refractivity contribution >= 4 is 11.5 Å². The molecule has 1 atom stereocenters. The summed E-state index contributed by atoms with van der Waals surface area (Å²) >= 11 is 0. The zero-order chi connectivity index (χ0) is 24.0. The molecule has 0 fully saturated rings. The van der Waals surface area contributed by atoms with Gasteiger partial charge in [-0.25, -0.2) is 8.78 Å². The number of ether oxygens (including phenoxy) is 1. The van der Waals surface area contributed by atoms with E-state index in [9.17, 15) is 18.7 Å². The molecule has 1 unspecified atom stereocenters. The van der Waals surface area contributed by atoms with Crippen LogP contribution in [0.5, 0.6) is 5.75 Å². The number of hydrogen-bond donors (Lipinski definition) is 1. The van der Waals surface area contributed by atoms with Crippen LogP contribution in [0.4, 0.5) is 8.78 Å². The second-order valence-electron chi connectivity index (χ2n) is 8.15. The molecule has 0 aromatic heterocycles. The first-order valence-corrected chi connectivity index (χ1v) is 10.7. The zero-order valence-electron chi connectivity index (χ0n) is 19.6. The third-order valence-electron chi connectivity index (χ3n) is 5.26. The van der Waals surface area contributed by atoms with Crippen LogP contribution < -0.4 is 45.1 Å². The van der Waals surface area contributed by atoms with Crippen LogP contribution in [0.25, 0.3) is 5.57 Å². The molecule has 0 aliphatic heterocycles. The van der Waals surface area contributed by atoms with Crippen molar-refractivity contribution in [2.75, 3.05) is 0 Å². The second kappa shape index (κ2) is 12.8. The molecule has 0 saturated carbocycles. The van der Waals surface area contributed by atoms with E-state index < -0.39 is 23.6 Å². The molecule has 0 aliphatic carbocycles. The number of carboxylic acid groups (broad SMARTS) is 1. The van der Waals surface area contributed by atoms with E-state index in [1.807, 2.05) is 36.4 Å². The molecule has 0 spiro atoms. The third kappa shape index (κ3) is 7.77. The van der Waals surface area contributed by atoms with Gasteiger partial charge in [0.2, 0.25) is 0 Å². The number of rotatable bonds is 9. The first-order chi connectivity index (χ1) is 15.7. The fourth-order valence-electron chi connectivity index (χ4n) is 3.38. The van der Waals surface area contributed by atoms with Crippen molar-refractivity contribution in [3.63, 3.8) is 0 Å². The summed E-state index contributed by atoms with van der Waals surface area (Å²) in [6, 6.07) is 17.4. The molecule has 3 aromatic rings. The van der Waals surface area contributed by atoms with Crippen LogP contribution in [0, 0.1) is 11.6 Å². The van der Waals surface area contributed by atoms with E-state index in [1.54, 1.807) is 18.2 Å². The average Bonchev–Trinajstić information content (AvgIpc) is 2.78. The molecule has 4 nitrogen and oxygen atoms in total. The second-order valence-corrected chi connectivity index (χ2v) is 8.15. The number of carboxylic acids is 1. The minimum Gasteiger partial charge on any atom is -0.548 e. The Morgan fingerprint density at radius 2 is 1.50 bits per heavy atom. The molecule has 0 bridgehead atoms. The number of benzene rings is 3. The van der Waals surface area contributed by atoms with Gasteiger partial charge in [-0.1, -0.05) is 56.3 Å². The van der Waals surface area contributed by atoms with Gasteiger partial charge in [-0.2, -0.15) is 0 Å². The van der Waals surface area contributed by atoms with Crippen molar-refractivity contribution in [2.24, 2.45) is 5.73 Å². The van der Waals surface area contributed by atoms with E-state index in [0.717, 1.165) is 22.8 Å². The number of aliphatic carboxylic acids is 1. The van der Waals surface area contributed by atoms with Gasteiger partial charge in [0.25, 0.3) is 0 Å². The maximum atomic E-state index is 13.4. The van der Waals surface area contributed by atoms with Crippen molar-refractivity contribution in [2.45, 2.75) is 38.8 Å². The van der Waals surface area contributed by atoms with Crippen LogP contribution >= 0.6 is 0 Å². The summed E-state index contributed by atoms with van der Waals surface area (Å²) in [5, 5.41) is 11.1.